The van der Waals surface area contributed by atoms with Gasteiger partial charge in [-0.25, -0.2) is 0 Å². The van der Waals surface area contributed by atoms with Crippen LogP contribution in [0.3, 0.4) is 0 Å². The number of hydrogen-bond donors (Lipinski definition) is 0. The van der Waals surface area contributed by atoms with Crippen molar-refractivity contribution in [2.75, 3.05) is 13.7 Å². The maximum Gasteiger partial charge on any atom is 0.217 e. The molecule has 0 radical (unpaired) electrons. The Hall–Kier alpha value is -1.49. The molecule has 5 heteroatoms. The molecular formula is C12H15N3OS. The summed E-state index contributed by atoms with van der Waals surface area (Å²) in [7, 11) is 1.87. The Bertz CT molecular complexity index is 453. The molecule has 0 saturated heterocycles. The molecule has 0 spiro atoms. The minimum atomic E-state index is -0.108. The van der Waals surface area contributed by atoms with Crippen molar-refractivity contribution < 1.29 is 4.74 Å². The van der Waals surface area contributed by atoms with Gasteiger partial charge < -0.3 is 9.64 Å². The minimum Gasteiger partial charge on any atom is -0.489 e. The first-order valence-corrected chi connectivity index (χ1v) is 5.86. The summed E-state index contributed by atoms with van der Waals surface area (Å²) in [6.07, 6.45) is -0.108. The van der Waals surface area contributed by atoms with Crippen molar-refractivity contribution in [3.8, 4) is 5.75 Å². The van der Waals surface area contributed by atoms with Crippen molar-refractivity contribution in [1.82, 2.24) is 4.90 Å². The summed E-state index contributed by atoms with van der Waals surface area (Å²) >= 11 is 5.00. The Labute approximate surface area is 106 Å². The van der Waals surface area contributed by atoms with Crippen LogP contribution in [0.4, 0.5) is 0 Å². The van der Waals surface area contributed by atoms with Crippen LogP contribution in [0.25, 0.3) is 0 Å². The number of hydrogen-bond acceptors (Lipinski definition) is 3. The molecule has 0 saturated carbocycles. The monoisotopic (exact) mass is 249 g/mol. The molecule has 90 valence electrons. The Morgan fingerprint density at radius 1 is 1.29 bits per heavy atom. The van der Waals surface area contributed by atoms with Crippen molar-refractivity contribution in [3.05, 3.63) is 29.3 Å². The average molecular weight is 249 g/mol. The van der Waals surface area contributed by atoms with Crippen molar-refractivity contribution in [1.29, 1.82) is 0 Å². The van der Waals surface area contributed by atoms with Gasteiger partial charge >= 0.3 is 0 Å². The molecule has 1 aromatic rings. The standard InChI is InChI=1S/C12H15N3OS/c1-8-4-9(2)6-10(5-8)16-7-11-13-14-12(17)15(11)3/h4-6,11H,7H2,1-3H3. The maximum absolute atomic E-state index is 5.72. The normalized spacial score (nSPS) is 18.9. The van der Waals surface area contributed by atoms with Crippen LogP contribution in [0.1, 0.15) is 11.1 Å². The fraction of sp³-hybridized carbons (Fsp3) is 0.417. The summed E-state index contributed by atoms with van der Waals surface area (Å²) in [5.41, 5.74) is 2.38. The van der Waals surface area contributed by atoms with Gasteiger partial charge in [-0.2, -0.15) is 5.11 Å². The zero-order valence-electron chi connectivity index (χ0n) is 10.2. The van der Waals surface area contributed by atoms with Crippen LogP contribution in [0.5, 0.6) is 5.75 Å². The van der Waals surface area contributed by atoms with E-state index in [0.717, 1.165) is 5.75 Å². The van der Waals surface area contributed by atoms with Crippen molar-refractivity contribution in [2.45, 2.75) is 20.0 Å². The van der Waals surface area contributed by atoms with Crippen LogP contribution in [0.15, 0.2) is 28.4 Å². The van der Waals surface area contributed by atoms with Crippen molar-refractivity contribution in [3.63, 3.8) is 0 Å². The highest BCUT2D eigenvalue weighted by atomic mass is 32.1. The lowest BCUT2D eigenvalue weighted by atomic mass is 10.1. The summed E-state index contributed by atoms with van der Waals surface area (Å²) in [5, 5.41) is 8.40. The van der Waals surface area contributed by atoms with Gasteiger partial charge in [0.1, 0.15) is 12.4 Å². The van der Waals surface area contributed by atoms with Gasteiger partial charge in [0.2, 0.25) is 5.11 Å². The van der Waals surface area contributed by atoms with Gasteiger partial charge in [0.05, 0.1) is 0 Å². The van der Waals surface area contributed by atoms with Crippen LogP contribution in [0, 0.1) is 13.8 Å². The number of rotatable bonds is 3. The zero-order chi connectivity index (χ0) is 12.4. The predicted octanol–water partition coefficient (Wildman–Crippen LogP) is 2.69. The molecule has 0 aliphatic carbocycles. The first kappa shape index (κ1) is 12.0. The molecule has 0 fully saturated rings. The molecule has 0 N–H and O–H groups in total. The van der Waals surface area contributed by atoms with Crippen LogP contribution in [-0.4, -0.2) is 29.8 Å². The van der Waals surface area contributed by atoms with Crippen LogP contribution in [0.2, 0.25) is 0 Å². The lowest BCUT2D eigenvalue weighted by Gasteiger charge is -2.18. The third kappa shape index (κ3) is 2.79. The minimum absolute atomic E-state index is 0.108. The lowest BCUT2D eigenvalue weighted by Crippen LogP contribution is -2.33. The number of nitrogens with zero attached hydrogens (tertiary/aromatic N) is 3. The first-order chi connectivity index (χ1) is 8.06. The van der Waals surface area contributed by atoms with E-state index >= 15 is 0 Å². The molecule has 1 aliphatic rings. The van der Waals surface area contributed by atoms with E-state index in [1.54, 1.807) is 0 Å². The molecule has 2 rings (SSSR count). The zero-order valence-corrected chi connectivity index (χ0v) is 11.0. The van der Waals surface area contributed by atoms with Gasteiger partial charge in [-0.15, -0.1) is 5.11 Å². The third-order valence-electron chi connectivity index (χ3n) is 2.62. The summed E-state index contributed by atoms with van der Waals surface area (Å²) < 4.78 is 5.72. The van der Waals surface area contributed by atoms with Crippen molar-refractivity contribution in [2.24, 2.45) is 10.2 Å². The quantitative estimate of drug-likeness (QED) is 0.773. The molecule has 0 aromatic heterocycles. The topological polar surface area (TPSA) is 37.2 Å². The van der Waals surface area contributed by atoms with Crippen LogP contribution in [-0.2, 0) is 0 Å². The number of aryl methyl sites for hydroxylation is 2. The summed E-state index contributed by atoms with van der Waals surface area (Å²) in [6, 6.07) is 6.14. The van der Waals surface area contributed by atoms with Crippen LogP contribution >= 0.6 is 12.2 Å². The van der Waals surface area contributed by atoms with E-state index in [4.69, 9.17) is 17.0 Å². The average Bonchev–Trinajstić information content (AvgIpc) is 2.56. The largest absolute Gasteiger partial charge is 0.489 e. The summed E-state index contributed by atoms with van der Waals surface area (Å²) in [5.74, 6) is 0.865. The van der Waals surface area contributed by atoms with Crippen LogP contribution < -0.4 is 4.74 Å². The highest BCUT2D eigenvalue weighted by Gasteiger charge is 2.22. The Morgan fingerprint density at radius 2 is 1.94 bits per heavy atom. The molecule has 1 aliphatic heterocycles. The lowest BCUT2D eigenvalue weighted by molar-refractivity contribution is 0.228. The molecule has 1 heterocycles. The maximum atomic E-state index is 5.72. The third-order valence-corrected chi connectivity index (χ3v) is 2.99. The molecule has 4 nitrogen and oxygen atoms in total. The molecular weight excluding hydrogens is 234 g/mol. The molecule has 1 atom stereocenters. The molecule has 1 aromatic carbocycles. The molecule has 17 heavy (non-hydrogen) atoms. The van der Waals surface area contributed by atoms with Gasteiger partial charge in [0.15, 0.2) is 6.17 Å². The summed E-state index contributed by atoms with van der Waals surface area (Å²) in [6.45, 7) is 4.57. The number of thiocarbonyl (C=S) groups is 1. The number of likely N-dealkylation sites (N-methyl/N-ethyl adjacent to an activating group) is 1. The second-order valence-corrected chi connectivity index (χ2v) is 4.59. The number of ether oxygens (including phenoxy) is 1. The Balaban J connectivity index is 1.98. The first-order valence-electron chi connectivity index (χ1n) is 5.45. The second kappa shape index (κ2) is 4.79. The Kier molecular flexibility index (Phi) is 3.38. The van der Waals surface area contributed by atoms with Crippen molar-refractivity contribution >= 4 is 17.3 Å². The van der Waals surface area contributed by atoms with Gasteiger partial charge in [0.25, 0.3) is 0 Å². The predicted molar refractivity (Wildman–Crippen MR) is 70.4 cm³/mol. The van der Waals surface area contributed by atoms with E-state index in [1.807, 2.05) is 24.1 Å². The van der Waals surface area contributed by atoms with E-state index in [9.17, 15) is 0 Å². The van der Waals surface area contributed by atoms with E-state index in [0.29, 0.717) is 11.7 Å². The highest BCUT2D eigenvalue weighted by molar-refractivity contribution is 7.80. The van der Waals surface area contributed by atoms with E-state index in [-0.39, 0.29) is 6.17 Å². The van der Waals surface area contributed by atoms with Gasteiger partial charge in [0, 0.05) is 7.05 Å². The summed E-state index contributed by atoms with van der Waals surface area (Å²) in [4.78, 5) is 1.83. The van der Waals surface area contributed by atoms with E-state index < -0.39 is 0 Å². The van der Waals surface area contributed by atoms with Gasteiger partial charge in [-0.3, -0.25) is 0 Å². The number of benzene rings is 1. The Morgan fingerprint density at radius 3 is 2.47 bits per heavy atom. The van der Waals surface area contributed by atoms with Gasteiger partial charge in [-0.05, 0) is 49.3 Å². The smallest absolute Gasteiger partial charge is 0.217 e. The highest BCUT2D eigenvalue weighted by Crippen LogP contribution is 2.18. The molecule has 0 bridgehead atoms. The van der Waals surface area contributed by atoms with E-state index in [2.05, 4.69) is 30.1 Å². The van der Waals surface area contributed by atoms with Gasteiger partial charge in [-0.1, -0.05) is 6.07 Å². The second-order valence-electron chi connectivity index (χ2n) is 4.22. The fourth-order valence-electron chi connectivity index (χ4n) is 1.72. The van der Waals surface area contributed by atoms with E-state index in [1.165, 1.54) is 11.1 Å². The molecule has 0 amide bonds. The molecule has 1 unspecified atom stereocenters. The SMILES string of the molecule is Cc1cc(C)cc(OCC2N=NC(=S)N2C)c1. The fourth-order valence-corrected chi connectivity index (χ4v) is 1.89. The number of azo groups is 1.